The number of aromatic amines is 1. The number of aryl methyl sites for hydroxylation is 1. The molecule has 4 aromatic rings. The van der Waals surface area contributed by atoms with Crippen LogP contribution < -0.4 is 14.4 Å². The second kappa shape index (κ2) is 12.2. The Morgan fingerprint density at radius 2 is 1.68 bits per heavy atom. The largest absolute Gasteiger partial charge is 0.481 e. The Hall–Kier alpha value is -3.74. The molecule has 1 N–H and O–H groups in total. The third-order valence-corrected chi connectivity index (χ3v) is 7.80. The number of hydrogen-bond acceptors (Lipinski definition) is 8. The zero-order chi connectivity index (χ0) is 26.3. The van der Waals surface area contributed by atoms with Gasteiger partial charge in [0.15, 0.2) is 5.16 Å². The summed E-state index contributed by atoms with van der Waals surface area (Å²) in [4.78, 5) is 18.2. The van der Waals surface area contributed by atoms with Crippen LogP contribution >= 0.6 is 11.8 Å². The van der Waals surface area contributed by atoms with Gasteiger partial charge in [0.05, 0.1) is 31.9 Å². The highest BCUT2D eigenvalue weighted by Crippen LogP contribution is 2.30. The highest BCUT2D eigenvalue weighted by Gasteiger charge is 2.17. The van der Waals surface area contributed by atoms with E-state index in [1.54, 1.807) is 20.3 Å². The number of unbranched alkanes of at least 4 members (excludes halogenated alkanes) is 1. The normalized spacial score (nSPS) is 14.0. The van der Waals surface area contributed by atoms with Gasteiger partial charge >= 0.3 is 0 Å². The van der Waals surface area contributed by atoms with E-state index < -0.39 is 0 Å². The molecular weight excluding hydrogens is 496 g/mol. The molecule has 0 bridgehead atoms. The van der Waals surface area contributed by atoms with Gasteiger partial charge in [0, 0.05) is 53.9 Å². The topological polar surface area (TPSA) is 90.3 Å². The second-order valence-electron chi connectivity index (χ2n) is 9.30. The number of aromatic nitrogens is 3. The minimum Gasteiger partial charge on any atom is -0.481 e. The number of methoxy groups -OCH3 is 2. The molecule has 9 heteroatoms. The lowest BCUT2D eigenvalue weighted by atomic mass is 10.1. The average molecular weight is 529 g/mol. The van der Waals surface area contributed by atoms with Gasteiger partial charge in [0.1, 0.15) is 0 Å². The molecule has 0 aliphatic carbocycles. The zero-order valence-corrected chi connectivity index (χ0v) is 22.6. The van der Waals surface area contributed by atoms with Gasteiger partial charge in [-0.15, -0.1) is 0 Å². The molecule has 5 rings (SSSR count). The number of H-pyrrole nitrogens is 1. The van der Waals surface area contributed by atoms with E-state index in [0.29, 0.717) is 16.9 Å². The molecule has 38 heavy (non-hydrogen) atoms. The molecule has 1 saturated heterocycles. The molecule has 0 spiro atoms. The summed E-state index contributed by atoms with van der Waals surface area (Å²) in [5.74, 6) is 0.974. The van der Waals surface area contributed by atoms with E-state index in [-0.39, 0.29) is 0 Å². The molecule has 0 amide bonds. The monoisotopic (exact) mass is 528 g/mol. The highest BCUT2D eigenvalue weighted by atomic mass is 32.2. The van der Waals surface area contributed by atoms with E-state index in [4.69, 9.17) is 9.47 Å². The number of nitrogens with zero attached hydrogens (tertiary/aromatic N) is 5. The Morgan fingerprint density at radius 1 is 0.947 bits per heavy atom. The maximum atomic E-state index is 9.19. The summed E-state index contributed by atoms with van der Waals surface area (Å²) in [5, 5.41) is 11.0. The maximum Gasteiger partial charge on any atom is 0.220 e. The van der Waals surface area contributed by atoms with Crippen molar-refractivity contribution < 1.29 is 9.47 Å². The zero-order valence-electron chi connectivity index (χ0n) is 21.8. The predicted octanol–water partition coefficient (Wildman–Crippen LogP) is 5.14. The first kappa shape index (κ1) is 25.9. The van der Waals surface area contributed by atoms with E-state index in [1.165, 1.54) is 34.8 Å². The number of hydrogen-bond donors (Lipinski definition) is 1. The van der Waals surface area contributed by atoms with Crippen LogP contribution in [0.1, 0.15) is 24.0 Å². The van der Waals surface area contributed by atoms with Crippen LogP contribution in [0.15, 0.2) is 64.8 Å². The molecule has 0 atom stereocenters. The van der Waals surface area contributed by atoms with Crippen molar-refractivity contribution in [3.8, 4) is 17.8 Å². The van der Waals surface area contributed by atoms with Crippen LogP contribution in [0.5, 0.6) is 11.8 Å². The van der Waals surface area contributed by atoms with Crippen molar-refractivity contribution in [1.82, 2.24) is 19.9 Å². The molecule has 8 nitrogen and oxygen atoms in total. The van der Waals surface area contributed by atoms with Gasteiger partial charge in [-0.3, -0.25) is 4.90 Å². The number of benzene rings is 2. The van der Waals surface area contributed by atoms with Gasteiger partial charge in [-0.2, -0.15) is 15.2 Å². The molecule has 2 aromatic heterocycles. The van der Waals surface area contributed by atoms with Crippen molar-refractivity contribution in [2.24, 2.45) is 0 Å². The molecule has 0 radical (unpaired) electrons. The molecule has 1 fully saturated rings. The van der Waals surface area contributed by atoms with Gasteiger partial charge in [0.25, 0.3) is 0 Å². The minimum atomic E-state index is 0.487. The third-order valence-electron chi connectivity index (χ3n) is 6.93. The van der Waals surface area contributed by atoms with Crippen LogP contribution in [0.2, 0.25) is 0 Å². The van der Waals surface area contributed by atoms with Gasteiger partial charge in [-0.1, -0.05) is 0 Å². The van der Waals surface area contributed by atoms with Crippen LogP contribution in [-0.4, -0.2) is 66.8 Å². The molecule has 1 aliphatic heterocycles. The first-order valence-electron chi connectivity index (χ1n) is 12.9. The van der Waals surface area contributed by atoms with Crippen LogP contribution in [0, 0.1) is 11.3 Å². The summed E-state index contributed by atoms with van der Waals surface area (Å²) < 4.78 is 10.5. The summed E-state index contributed by atoms with van der Waals surface area (Å²) in [5.41, 5.74) is 4.38. The quantitative estimate of drug-likeness (QED) is 0.223. The predicted molar refractivity (Wildman–Crippen MR) is 150 cm³/mol. The first-order chi connectivity index (χ1) is 18.6. The number of fused-ring (bicyclic) bond motifs is 1. The van der Waals surface area contributed by atoms with Crippen molar-refractivity contribution in [2.75, 3.05) is 51.8 Å². The third kappa shape index (κ3) is 6.21. The number of ether oxygens (including phenoxy) is 2. The van der Waals surface area contributed by atoms with Crippen molar-refractivity contribution in [1.29, 1.82) is 5.26 Å². The Kier molecular flexibility index (Phi) is 8.31. The number of nitrogens with one attached hydrogen (secondary N) is 1. The van der Waals surface area contributed by atoms with Gasteiger partial charge in [0.2, 0.25) is 11.8 Å². The maximum absolute atomic E-state index is 9.19. The number of rotatable bonds is 10. The van der Waals surface area contributed by atoms with E-state index in [1.807, 2.05) is 18.2 Å². The second-order valence-corrected chi connectivity index (χ2v) is 10.3. The highest BCUT2D eigenvalue weighted by molar-refractivity contribution is 7.99. The van der Waals surface area contributed by atoms with Crippen LogP contribution in [0.3, 0.4) is 0 Å². The van der Waals surface area contributed by atoms with Gasteiger partial charge in [-0.25, -0.2) is 0 Å². The number of piperazine rings is 1. The summed E-state index contributed by atoms with van der Waals surface area (Å²) in [7, 11) is 3.17. The van der Waals surface area contributed by atoms with Crippen molar-refractivity contribution in [3.63, 3.8) is 0 Å². The summed E-state index contributed by atoms with van der Waals surface area (Å²) in [6.07, 6.45) is 5.45. The lowest BCUT2D eigenvalue weighted by Gasteiger charge is -2.36. The van der Waals surface area contributed by atoms with Crippen LogP contribution in [-0.2, 0) is 6.42 Å². The SMILES string of the molecule is COc1cc(OC)nc(Sc2ccc(N3CCN(CCCCc4c[nH]c5ccc(C#N)cc45)CC3)cc2)n1. The number of anilines is 1. The van der Waals surface area contributed by atoms with E-state index >= 15 is 0 Å². The Balaban J connectivity index is 1.07. The van der Waals surface area contributed by atoms with Crippen molar-refractivity contribution >= 4 is 28.4 Å². The average Bonchev–Trinajstić information content (AvgIpc) is 3.37. The van der Waals surface area contributed by atoms with E-state index in [2.05, 4.69) is 61.3 Å². The Morgan fingerprint density at radius 3 is 2.37 bits per heavy atom. The lowest BCUT2D eigenvalue weighted by Crippen LogP contribution is -2.46. The van der Waals surface area contributed by atoms with Gasteiger partial charge in [-0.05, 0) is 85.6 Å². The molecule has 3 heterocycles. The first-order valence-corrected chi connectivity index (χ1v) is 13.7. The summed E-state index contributed by atoms with van der Waals surface area (Å²) in [6.45, 7) is 5.34. The molecule has 2 aromatic carbocycles. The Bertz CT molecular complexity index is 1380. The summed E-state index contributed by atoms with van der Waals surface area (Å²) in [6, 6.07) is 18.4. The lowest BCUT2D eigenvalue weighted by molar-refractivity contribution is 0.253. The Labute approximate surface area is 227 Å². The van der Waals surface area contributed by atoms with Crippen molar-refractivity contribution in [3.05, 3.63) is 65.9 Å². The minimum absolute atomic E-state index is 0.487. The van der Waals surface area contributed by atoms with E-state index in [9.17, 15) is 5.26 Å². The van der Waals surface area contributed by atoms with E-state index in [0.717, 1.165) is 61.5 Å². The molecular formula is C29H32N6O2S. The fourth-order valence-corrected chi connectivity index (χ4v) is 5.56. The van der Waals surface area contributed by atoms with Crippen LogP contribution in [0.4, 0.5) is 5.69 Å². The fourth-order valence-electron chi connectivity index (χ4n) is 4.80. The molecule has 0 saturated carbocycles. The molecule has 196 valence electrons. The molecule has 1 aliphatic rings. The standard InChI is InChI=1S/C29H32N6O2S/c1-36-27-18-28(37-2)33-29(32-27)38-24-9-7-23(8-10-24)35-15-13-34(14-16-35)12-4-3-5-22-20-31-26-11-6-21(19-30)17-25(22)26/h6-11,17-18,20,31H,3-5,12-16H2,1-2H3. The van der Waals surface area contributed by atoms with Gasteiger partial charge < -0.3 is 19.4 Å². The smallest absolute Gasteiger partial charge is 0.220 e. The number of nitriles is 1. The summed E-state index contributed by atoms with van der Waals surface area (Å²) >= 11 is 1.49. The van der Waals surface area contributed by atoms with Crippen molar-refractivity contribution in [2.45, 2.75) is 29.3 Å². The fraction of sp³-hybridized carbons (Fsp3) is 0.345. The van der Waals surface area contributed by atoms with Crippen LogP contribution in [0.25, 0.3) is 10.9 Å². The molecule has 0 unspecified atom stereocenters.